The standard InChI is InChI=1S/C13H17FN2O4/c1-3-8(2)20-11-6-9(4-5-15-11)12(17)16-10(7-14)13(18)19/h4-6,8,10H,3,7H2,1-2H3,(H,16,17)(H,18,19). The lowest BCUT2D eigenvalue weighted by molar-refractivity contribution is -0.139. The zero-order chi connectivity index (χ0) is 15.1. The van der Waals surface area contributed by atoms with Gasteiger partial charge in [-0.15, -0.1) is 0 Å². The molecule has 0 spiro atoms. The highest BCUT2D eigenvalue weighted by Crippen LogP contribution is 2.12. The number of hydrogen-bond acceptors (Lipinski definition) is 4. The van der Waals surface area contributed by atoms with E-state index in [0.717, 1.165) is 6.42 Å². The highest BCUT2D eigenvalue weighted by Gasteiger charge is 2.20. The number of carbonyl (C=O) groups is 2. The molecule has 6 nitrogen and oxygen atoms in total. The van der Waals surface area contributed by atoms with Gasteiger partial charge in [-0.3, -0.25) is 4.79 Å². The number of pyridine rings is 1. The van der Waals surface area contributed by atoms with Gasteiger partial charge in [-0.25, -0.2) is 14.2 Å². The van der Waals surface area contributed by atoms with Crippen molar-refractivity contribution in [3.8, 4) is 5.88 Å². The summed E-state index contributed by atoms with van der Waals surface area (Å²) in [5.74, 6) is -1.85. The van der Waals surface area contributed by atoms with Crippen LogP contribution in [-0.4, -0.2) is 40.8 Å². The average Bonchev–Trinajstić information content (AvgIpc) is 2.44. The molecule has 0 aromatic carbocycles. The van der Waals surface area contributed by atoms with Gasteiger partial charge in [-0.1, -0.05) is 6.92 Å². The Morgan fingerprint density at radius 3 is 2.80 bits per heavy atom. The Bertz CT molecular complexity index is 481. The van der Waals surface area contributed by atoms with Crippen molar-refractivity contribution in [1.29, 1.82) is 0 Å². The molecule has 20 heavy (non-hydrogen) atoms. The second-order valence-corrected chi connectivity index (χ2v) is 4.24. The van der Waals surface area contributed by atoms with Crippen molar-refractivity contribution >= 4 is 11.9 Å². The van der Waals surface area contributed by atoms with Crippen LogP contribution in [0.4, 0.5) is 4.39 Å². The Labute approximate surface area is 116 Å². The number of carboxylic acids is 1. The average molecular weight is 284 g/mol. The van der Waals surface area contributed by atoms with Crippen molar-refractivity contribution in [1.82, 2.24) is 10.3 Å². The third-order valence-electron chi connectivity index (χ3n) is 2.65. The number of amides is 1. The van der Waals surface area contributed by atoms with Gasteiger partial charge in [0.25, 0.3) is 5.91 Å². The second kappa shape index (κ2) is 7.42. The maximum Gasteiger partial charge on any atom is 0.328 e. The zero-order valence-corrected chi connectivity index (χ0v) is 11.3. The Balaban J connectivity index is 2.78. The first-order valence-corrected chi connectivity index (χ1v) is 6.20. The number of halogens is 1. The fourth-order valence-electron chi connectivity index (χ4n) is 1.31. The first-order valence-electron chi connectivity index (χ1n) is 6.20. The molecular formula is C13H17FN2O4. The molecule has 2 atom stereocenters. The van der Waals surface area contributed by atoms with Crippen molar-refractivity contribution in [3.05, 3.63) is 23.9 Å². The third kappa shape index (κ3) is 4.49. The molecule has 7 heteroatoms. The minimum absolute atomic E-state index is 0.0570. The van der Waals surface area contributed by atoms with Gasteiger partial charge in [-0.2, -0.15) is 0 Å². The van der Waals surface area contributed by atoms with Crippen LogP contribution in [0.2, 0.25) is 0 Å². The SMILES string of the molecule is CCC(C)Oc1cc(C(=O)NC(CF)C(=O)O)ccn1. The number of hydrogen-bond donors (Lipinski definition) is 2. The van der Waals surface area contributed by atoms with Gasteiger partial charge in [0.2, 0.25) is 5.88 Å². The van der Waals surface area contributed by atoms with E-state index in [9.17, 15) is 14.0 Å². The summed E-state index contributed by atoms with van der Waals surface area (Å²) >= 11 is 0. The number of rotatable bonds is 7. The molecule has 0 saturated carbocycles. The maximum atomic E-state index is 12.4. The topological polar surface area (TPSA) is 88.5 Å². The molecule has 2 N–H and O–H groups in total. The van der Waals surface area contributed by atoms with E-state index in [1.165, 1.54) is 18.3 Å². The molecule has 1 aromatic heterocycles. The largest absolute Gasteiger partial charge is 0.480 e. The van der Waals surface area contributed by atoms with Crippen LogP contribution in [0.15, 0.2) is 18.3 Å². The molecule has 0 fully saturated rings. The van der Waals surface area contributed by atoms with Crippen molar-refractivity contribution in [3.63, 3.8) is 0 Å². The van der Waals surface area contributed by atoms with Crippen LogP contribution in [-0.2, 0) is 4.79 Å². The summed E-state index contributed by atoms with van der Waals surface area (Å²) < 4.78 is 17.9. The Hall–Kier alpha value is -2.18. The number of ether oxygens (including phenoxy) is 1. The molecule has 0 radical (unpaired) electrons. The smallest absolute Gasteiger partial charge is 0.328 e. The van der Waals surface area contributed by atoms with Gasteiger partial charge in [0.1, 0.15) is 6.67 Å². The monoisotopic (exact) mass is 284 g/mol. The molecule has 1 rings (SSSR count). The van der Waals surface area contributed by atoms with Crippen LogP contribution >= 0.6 is 0 Å². The van der Waals surface area contributed by atoms with Crippen LogP contribution in [0.25, 0.3) is 0 Å². The second-order valence-electron chi connectivity index (χ2n) is 4.24. The van der Waals surface area contributed by atoms with Gasteiger partial charge in [0.15, 0.2) is 6.04 Å². The summed E-state index contributed by atoms with van der Waals surface area (Å²) in [5, 5.41) is 10.8. The fraction of sp³-hybridized carbons (Fsp3) is 0.462. The van der Waals surface area contributed by atoms with E-state index in [2.05, 4.69) is 10.3 Å². The molecule has 2 unspecified atom stereocenters. The minimum Gasteiger partial charge on any atom is -0.480 e. The van der Waals surface area contributed by atoms with E-state index in [1.54, 1.807) is 0 Å². The Kier molecular flexibility index (Phi) is 5.89. The lowest BCUT2D eigenvalue weighted by atomic mass is 10.2. The lowest BCUT2D eigenvalue weighted by Crippen LogP contribution is -2.42. The van der Waals surface area contributed by atoms with E-state index in [-0.39, 0.29) is 17.5 Å². The number of nitrogens with zero attached hydrogens (tertiary/aromatic N) is 1. The Morgan fingerprint density at radius 1 is 1.55 bits per heavy atom. The zero-order valence-electron chi connectivity index (χ0n) is 11.3. The highest BCUT2D eigenvalue weighted by molar-refractivity contribution is 5.96. The molecule has 0 aliphatic carbocycles. The van der Waals surface area contributed by atoms with Crippen LogP contribution < -0.4 is 10.1 Å². The number of aliphatic carboxylic acids is 1. The number of aromatic nitrogens is 1. The van der Waals surface area contributed by atoms with Crippen LogP contribution in [0, 0.1) is 0 Å². The summed E-state index contributed by atoms with van der Waals surface area (Å²) in [6.07, 6.45) is 2.09. The van der Waals surface area contributed by atoms with E-state index in [4.69, 9.17) is 9.84 Å². The summed E-state index contributed by atoms with van der Waals surface area (Å²) in [6, 6.07) is 1.23. The number of carboxylic acid groups (broad SMARTS) is 1. The molecular weight excluding hydrogens is 267 g/mol. The first kappa shape index (κ1) is 15.9. The molecule has 0 aliphatic heterocycles. The van der Waals surface area contributed by atoms with Gasteiger partial charge >= 0.3 is 5.97 Å². The molecule has 0 bridgehead atoms. The van der Waals surface area contributed by atoms with Gasteiger partial charge in [0.05, 0.1) is 6.10 Å². The molecule has 1 amide bonds. The van der Waals surface area contributed by atoms with E-state index < -0.39 is 24.6 Å². The number of carbonyl (C=O) groups excluding carboxylic acids is 1. The molecule has 1 heterocycles. The van der Waals surface area contributed by atoms with E-state index in [0.29, 0.717) is 0 Å². The lowest BCUT2D eigenvalue weighted by Gasteiger charge is -2.13. The van der Waals surface area contributed by atoms with Gasteiger partial charge in [-0.05, 0) is 19.4 Å². The predicted octanol–water partition coefficient (Wildman–Crippen LogP) is 1.41. The van der Waals surface area contributed by atoms with Crippen LogP contribution in [0.1, 0.15) is 30.6 Å². The minimum atomic E-state index is -1.56. The number of nitrogens with one attached hydrogen (secondary N) is 1. The van der Waals surface area contributed by atoms with Crippen LogP contribution in [0.5, 0.6) is 5.88 Å². The quantitative estimate of drug-likeness (QED) is 0.790. The first-order chi connectivity index (χ1) is 9.47. The maximum absolute atomic E-state index is 12.4. The highest BCUT2D eigenvalue weighted by atomic mass is 19.1. The molecule has 0 aliphatic rings. The molecule has 110 valence electrons. The van der Waals surface area contributed by atoms with Gasteiger partial charge in [0, 0.05) is 17.8 Å². The summed E-state index contributed by atoms with van der Waals surface area (Å²) in [6.45, 7) is 2.63. The van der Waals surface area contributed by atoms with E-state index >= 15 is 0 Å². The van der Waals surface area contributed by atoms with Gasteiger partial charge < -0.3 is 15.2 Å². The molecule has 1 aromatic rings. The summed E-state index contributed by atoms with van der Waals surface area (Å²) in [5.41, 5.74) is 0.165. The number of alkyl halides is 1. The third-order valence-corrected chi connectivity index (χ3v) is 2.65. The van der Waals surface area contributed by atoms with Crippen molar-refractivity contribution < 1.29 is 23.8 Å². The summed E-state index contributed by atoms with van der Waals surface area (Å²) in [7, 11) is 0. The van der Waals surface area contributed by atoms with Crippen molar-refractivity contribution in [2.45, 2.75) is 32.4 Å². The Morgan fingerprint density at radius 2 is 2.25 bits per heavy atom. The normalized spacial score (nSPS) is 13.3. The summed E-state index contributed by atoms with van der Waals surface area (Å²) in [4.78, 5) is 26.4. The van der Waals surface area contributed by atoms with E-state index in [1.807, 2.05) is 13.8 Å². The fourth-order valence-corrected chi connectivity index (χ4v) is 1.31. The van der Waals surface area contributed by atoms with Crippen molar-refractivity contribution in [2.24, 2.45) is 0 Å². The van der Waals surface area contributed by atoms with Crippen LogP contribution in [0.3, 0.4) is 0 Å². The molecule has 0 saturated heterocycles. The predicted molar refractivity (Wildman–Crippen MR) is 69.5 cm³/mol. The van der Waals surface area contributed by atoms with Crippen molar-refractivity contribution in [2.75, 3.05) is 6.67 Å².